The Labute approximate surface area is 116 Å². The van der Waals surface area contributed by atoms with Crippen LogP contribution in [0.3, 0.4) is 0 Å². The van der Waals surface area contributed by atoms with E-state index in [1.54, 1.807) is 24.1 Å². The third-order valence-electron chi connectivity index (χ3n) is 2.67. The topological polar surface area (TPSA) is 95.1 Å². The fraction of sp³-hybridized carbons (Fsp3) is 0.500. The Morgan fingerprint density at radius 2 is 2.25 bits per heavy atom. The molecule has 0 bridgehead atoms. The summed E-state index contributed by atoms with van der Waals surface area (Å²) in [6.07, 6.45) is 3.43. The summed E-state index contributed by atoms with van der Waals surface area (Å²) in [5.74, 6) is -1.11. The third-order valence-corrected chi connectivity index (χ3v) is 2.67. The molecule has 108 valence electrons. The monoisotopic (exact) mass is 279 g/mol. The van der Waals surface area contributed by atoms with E-state index >= 15 is 0 Å². The third kappa shape index (κ3) is 3.02. The number of hydrogen-bond acceptors (Lipinski definition) is 5. The molecule has 0 atom stereocenters. The molecule has 2 aromatic rings. The highest BCUT2D eigenvalue weighted by molar-refractivity contribution is 5.92. The van der Waals surface area contributed by atoms with Crippen molar-refractivity contribution >= 4 is 5.97 Å². The van der Waals surface area contributed by atoms with Crippen LogP contribution in [-0.2, 0) is 18.3 Å². The van der Waals surface area contributed by atoms with Gasteiger partial charge in [0.2, 0.25) is 0 Å². The number of nitrogens with zero attached hydrogens (tertiary/aromatic N) is 5. The molecule has 2 heterocycles. The van der Waals surface area contributed by atoms with E-state index in [0.29, 0.717) is 24.4 Å². The van der Waals surface area contributed by atoms with E-state index in [4.69, 9.17) is 4.74 Å². The zero-order valence-electron chi connectivity index (χ0n) is 11.6. The Bertz CT molecular complexity index is 602. The minimum atomic E-state index is -1.11. The Morgan fingerprint density at radius 3 is 2.80 bits per heavy atom. The fourth-order valence-corrected chi connectivity index (χ4v) is 1.82. The van der Waals surface area contributed by atoms with Crippen molar-refractivity contribution in [1.29, 1.82) is 0 Å². The highest BCUT2D eigenvalue weighted by atomic mass is 16.5. The van der Waals surface area contributed by atoms with E-state index in [2.05, 4.69) is 15.4 Å². The summed E-state index contributed by atoms with van der Waals surface area (Å²) in [6, 6.07) is 0. The van der Waals surface area contributed by atoms with Gasteiger partial charge >= 0.3 is 5.97 Å². The van der Waals surface area contributed by atoms with Gasteiger partial charge in [0.15, 0.2) is 5.69 Å². The Hall–Kier alpha value is -2.22. The van der Waals surface area contributed by atoms with Gasteiger partial charge < -0.3 is 9.84 Å². The first-order chi connectivity index (χ1) is 9.49. The van der Waals surface area contributed by atoms with Gasteiger partial charge in [0, 0.05) is 18.8 Å². The van der Waals surface area contributed by atoms with Gasteiger partial charge in [-0.05, 0) is 13.8 Å². The summed E-state index contributed by atoms with van der Waals surface area (Å²) in [4.78, 5) is 11.2. The first-order valence-electron chi connectivity index (χ1n) is 6.26. The van der Waals surface area contributed by atoms with Crippen LogP contribution < -0.4 is 0 Å². The maximum atomic E-state index is 11.2. The number of carboxylic acids is 1. The molecular formula is C12H17N5O3. The van der Waals surface area contributed by atoms with Crippen LogP contribution >= 0.6 is 0 Å². The smallest absolute Gasteiger partial charge is 0.358 e. The van der Waals surface area contributed by atoms with E-state index in [1.165, 1.54) is 4.68 Å². The summed E-state index contributed by atoms with van der Waals surface area (Å²) in [5, 5.41) is 20.8. The van der Waals surface area contributed by atoms with Gasteiger partial charge in [-0.3, -0.25) is 4.68 Å². The number of carbonyl (C=O) groups is 1. The lowest BCUT2D eigenvalue weighted by molar-refractivity contribution is 0.0687. The van der Waals surface area contributed by atoms with Crippen LogP contribution in [0.25, 0.3) is 11.3 Å². The molecule has 0 unspecified atom stereocenters. The van der Waals surface area contributed by atoms with Crippen molar-refractivity contribution in [3.8, 4) is 11.3 Å². The summed E-state index contributed by atoms with van der Waals surface area (Å²) >= 11 is 0. The van der Waals surface area contributed by atoms with Crippen LogP contribution in [0.4, 0.5) is 0 Å². The highest BCUT2D eigenvalue weighted by Gasteiger charge is 2.21. The van der Waals surface area contributed by atoms with Gasteiger partial charge in [-0.1, -0.05) is 5.21 Å². The average molecular weight is 279 g/mol. The van der Waals surface area contributed by atoms with Crippen molar-refractivity contribution in [3.63, 3.8) is 0 Å². The number of aryl methyl sites for hydroxylation is 1. The Kier molecular flexibility index (Phi) is 4.14. The number of aromatic nitrogens is 5. The molecule has 8 nitrogen and oxygen atoms in total. The minimum Gasteiger partial charge on any atom is -0.476 e. The summed E-state index contributed by atoms with van der Waals surface area (Å²) < 4.78 is 8.59. The molecule has 2 aromatic heterocycles. The molecule has 0 saturated heterocycles. The Balaban J connectivity index is 2.30. The molecule has 0 aliphatic rings. The largest absolute Gasteiger partial charge is 0.476 e. The molecule has 0 spiro atoms. The van der Waals surface area contributed by atoms with Gasteiger partial charge in [-0.2, -0.15) is 5.10 Å². The predicted octanol–water partition coefficient (Wildman–Crippen LogP) is 0.802. The lowest BCUT2D eigenvalue weighted by atomic mass is 10.2. The maximum Gasteiger partial charge on any atom is 0.358 e. The zero-order chi connectivity index (χ0) is 14.7. The molecule has 0 amide bonds. The molecule has 0 aliphatic heterocycles. The van der Waals surface area contributed by atoms with Gasteiger partial charge in [-0.25, -0.2) is 9.48 Å². The molecule has 0 radical (unpaired) electrons. The molecule has 0 saturated carbocycles. The van der Waals surface area contributed by atoms with E-state index < -0.39 is 5.97 Å². The summed E-state index contributed by atoms with van der Waals surface area (Å²) in [7, 11) is 1.76. The standard InChI is InChI=1S/C12H17N5O3/c1-8(2)20-5-4-17-11(9-6-13-16(3)7-9)10(12(18)19)14-15-17/h6-8H,4-5H2,1-3H3,(H,18,19). The fourth-order valence-electron chi connectivity index (χ4n) is 1.82. The first-order valence-corrected chi connectivity index (χ1v) is 6.26. The minimum absolute atomic E-state index is 0.0810. The molecular weight excluding hydrogens is 262 g/mol. The molecule has 1 N–H and O–H groups in total. The lowest BCUT2D eigenvalue weighted by Gasteiger charge is -2.08. The van der Waals surface area contributed by atoms with E-state index in [-0.39, 0.29) is 11.8 Å². The van der Waals surface area contributed by atoms with E-state index in [1.807, 2.05) is 13.8 Å². The van der Waals surface area contributed by atoms with Crippen molar-refractivity contribution in [2.24, 2.45) is 7.05 Å². The number of rotatable bonds is 6. The first kappa shape index (κ1) is 14.2. The number of aromatic carboxylic acids is 1. The molecule has 8 heteroatoms. The molecule has 2 rings (SSSR count). The van der Waals surface area contributed by atoms with Gasteiger partial charge in [0.25, 0.3) is 0 Å². The van der Waals surface area contributed by atoms with Crippen LogP contribution in [0.5, 0.6) is 0 Å². The molecule has 0 aliphatic carbocycles. The number of carboxylic acid groups (broad SMARTS) is 1. The van der Waals surface area contributed by atoms with Crippen molar-refractivity contribution < 1.29 is 14.6 Å². The predicted molar refractivity (Wildman–Crippen MR) is 70.3 cm³/mol. The molecule has 0 fully saturated rings. The SMILES string of the molecule is CC(C)OCCn1nnc(C(=O)O)c1-c1cnn(C)c1. The second-order valence-electron chi connectivity index (χ2n) is 4.64. The van der Waals surface area contributed by atoms with Crippen molar-refractivity contribution in [2.75, 3.05) is 6.61 Å². The van der Waals surface area contributed by atoms with Crippen LogP contribution in [-0.4, -0.2) is 48.6 Å². The molecule has 20 heavy (non-hydrogen) atoms. The van der Waals surface area contributed by atoms with Gasteiger partial charge in [0.1, 0.15) is 5.69 Å². The van der Waals surface area contributed by atoms with E-state index in [0.717, 1.165) is 0 Å². The van der Waals surface area contributed by atoms with Crippen LogP contribution in [0.1, 0.15) is 24.3 Å². The number of hydrogen-bond donors (Lipinski definition) is 1. The second kappa shape index (κ2) is 5.83. The van der Waals surface area contributed by atoms with E-state index in [9.17, 15) is 9.90 Å². The van der Waals surface area contributed by atoms with Crippen molar-refractivity contribution in [1.82, 2.24) is 24.8 Å². The Morgan fingerprint density at radius 1 is 1.50 bits per heavy atom. The summed E-state index contributed by atoms with van der Waals surface area (Å²) in [6.45, 7) is 4.74. The summed E-state index contributed by atoms with van der Waals surface area (Å²) in [5.41, 5.74) is 1.03. The van der Waals surface area contributed by atoms with Gasteiger partial charge in [0.05, 0.1) is 25.5 Å². The quantitative estimate of drug-likeness (QED) is 0.840. The van der Waals surface area contributed by atoms with Crippen molar-refractivity contribution in [2.45, 2.75) is 26.5 Å². The molecule has 0 aromatic carbocycles. The lowest BCUT2D eigenvalue weighted by Crippen LogP contribution is -2.12. The van der Waals surface area contributed by atoms with Gasteiger partial charge in [-0.15, -0.1) is 5.10 Å². The van der Waals surface area contributed by atoms with Crippen LogP contribution in [0.15, 0.2) is 12.4 Å². The van der Waals surface area contributed by atoms with Crippen LogP contribution in [0.2, 0.25) is 0 Å². The number of ether oxygens (including phenoxy) is 1. The van der Waals surface area contributed by atoms with Crippen LogP contribution in [0, 0.1) is 0 Å². The normalized spacial score (nSPS) is 11.2. The van der Waals surface area contributed by atoms with Crippen molar-refractivity contribution in [3.05, 3.63) is 18.1 Å². The maximum absolute atomic E-state index is 11.2. The highest BCUT2D eigenvalue weighted by Crippen LogP contribution is 2.21. The second-order valence-corrected chi connectivity index (χ2v) is 4.64. The average Bonchev–Trinajstić information content (AvgIpc) is 2.94. The zero-order valence-corrected chi connectivity index (χ0v) is 11.6.